The average molecular weight is 382 g/mol. The van der Waals surface area contributed by atoms with Crippen LogP contribution in [0.15, 0.2) is 42.5 Å². The Morgan fingerprint density at radius 1 is 1.07 bits per heavy atom. The normalized spacial score (nSPS) is 12.6. The molecule has 0 bridgehead atoms. The summed E-state index contributed by atoms with van der Waals surface area (Å²) in [6.45, 7) is 8.34. The highest BCUT2D eigenvalue weighted by Crippen LogP contribution is 2.34. The van der Waals surface area contributed by atoms with Crippen molar-refractivity contribution in [1.29, 1.82) is 0 Å². The lowest BCUT2D eigenvalue weighted by Gasteiger charge is -2.29. The molecule has 0 radical (unpaired) electrons. The molecule has 0 fully saturated rings. The largest absolute Gasteiger partial charge is 0.454 e. The van der Waals surface area contributed by atoms with Gasteiger partial charge in [0, 0.05) is 37.3 Å². The molecule has 0 saturated heterocycles. The van der Waals surface area contributed by atoms with E-state index in [2.05, 4.69) is 26.1 Å². The van der Waals surface area contributed by atoms with Gasteiger partial charge in [0.05, 0.1) is 0 Å². The highest BCUT2D eigenvalue weighted by atomic mass is 16.7. The van der Waals surface area contributed by atoms with Gasteiger partial charge in [-0.3, -0.25) is 9.59 Å². The van der Waals surface area contributed by atoms with E-state index in [1.165, 1.54) is 6.92 Å². The van der Waals surface area contributed by atoms with E-state index in [9.17, 15) is 9.59 Å². The van der Waals surface area contributed by atoms with Crippen LogP contribution in [0, 0.1) is 0 Å². The predicted octanol–water partition coefficient (Wildman–Crippen LogP) is 4.09. The molecular weight excluding hydrogens is 356 g/mol. The molecule has 2 aromatic carbocycles. The lowest BCUT2D eigenvalue weighted by atomic mass is 9.85. The van der Waals surface area contributed by atoms with Gasteiger partial charge in [-0.25, -0.2) is 0 Å². The van der Waals surface area contributed by atoms with Crippen LogP contribution in [0.2, 0.25) is 0 Å². The summed E-state index contributed by atoms with van der Waals surface area (Å²) in [5.41, 5.74) is 2.44. The first-order valence-corrected chi connectivity index (χ1v) is 9.33. The van der Waals surface area contributed by atoms with Gasteiger partial charge in [-0.1, -0.05) is 39.0 Å². The second-order valence-electron chi connectivity index (χ2n) is 7.80. The minimum absolute atomic E-state index is 0.0902. The molecule has 1 heterocycles. The molecule has 1 aliphatic heterocycles. The van der Waals surface area contributed by atoms with Crippen LogP contribution < -0.4 is 19.7 Å². The molecule has 0 aromatic heterocycles. The van der Waals surface area contributed by atoms with E-state index < -0.39 is 0 Å². The molecule has 0 saturated carbocycles. The number of ether oxygens (including phenoxy) is 2. The maximum absolute atomic E-state index is 12.4. The van der Waals surface area contributed by atoms with Crippen molar-refractivity contribution in [2.24, 2.45) is 0 Å². The van der Waals surface area contributed by atoms with Gasteiger partial charge in [-0.15, -0.1) is 0 Å². The van der Waals surface area contributed by atoms with Gasteiger partial charge in [0.2, 0.25) is 18.6 Å². The van der Waals surface area contributed by atoms with Crippen molar-refractivity contribution < 1.29 is 19.1 Å². The second kappa shape index (κ2) is 7.92. The first kappa shape index (κ1) is 19.7. The molecule has 0 atom stereocenters. The van der Waals surface area contributed by atoms with E-state index in [1.807, 2.05) is 24.3 Å². The molecule has 0 spiro atoms. The molecular formula is C22H26N2O4. The maximum atomic E-state index is 12.4. The van der Waals surface area contributed by atoms with Crippen LogP contribution in [0.1, 0.15) is 39.7 Å². The number of benzene rings is 2. The first-order chi connectivity index (χ1) is 13.3. The van der Waals surface area contributed by atoms with Crippen LogP contribution in [0.5, 0.6) is 11.5 Å². The van der Waals surface area contributed by atoms with Crippen LogP contribution in [0.3, 0.4) is 0 Å². The fraction of sp³-hybridized carbons (Fsp3) is 0.364. The molecule has 2 amide bonds. The van der Waals surface area contributed by atoms with Crippen LogP contribution in [0.25, 0.3) is 0 Å². The molecule has 6 nitrogen and oxygen atoms in total. The quantitative estimate of drug-likeness (QED) is 0.846. The Bertz CT molecular complexity index is 886. The molecule has 0 unspecified atom stereocenters. The molecule has 1 N–H and O–H groups in total. The summed E-state index contributed by atoms with van der Waals surface area (Å²) < 4.78 is 10.6. The number of nitrogens with zero attached hydrogens (tertiary/aromatic N) is 1. The van der Waals surface area contributed by atoms with Crippen LogP contribution in [0.4, 0.5) is 11.4 Å². The van der Waals surface area contributed by atoms with Gasteiger partial charge in [0.15, 0.2) is 11.5 Å². The second-order valence-corrected chi connectivity index (χ2v) is 7.80. The number of nitrogens with one attached hydrogen (secondary N) is 1. The van der Waals surface area contributed by atoms with Crippen molar-refractivity contribution in [3.8, 4) is 11.5 Å². The SMILES string of the molecule is CC(=O)N(CCC(=O)Nc1ccc2c(c1)OCO2)c1ccccc1C(C)(C)C. The molecule has 6 heteroatoms. The summed E-state index contributed by atoms with van der Waals surface area (Å²) in [4.78, 5) is 26.4. The molecule has 1 aliphatic rings. The Morgan fingerprint density at radius 3 is 2.50 bits per heavy atom. The first-order valence-electron chi connectivity index (χ1n) is 9.33. The number of para-hydroxylation sites is 1. The summed E-state index contributed by atoms with van der Waals surface area (Å²) in [7, 11) is 0. The lowest BCUT2D eigenvalue weighted by molar-refractivity contribution is -0.117. The van der Waals surface area contributed by atoms with E-state index in [1.54, 1.807) is 23.1 Å². The number of hydrogen-bond donors (Lipinski definition) is 1. The van der Waals surface area contributed by atoms with Gasteiger partial charge < -0.3 is 19.7 Å². The van der Waals surface area contributed by atoms with Gasteiger partial charge in [0.25, 0.3) is 0 Å². The standard InChI is InChI=1S/C22H26N2O4/c1-15(25)24(18-8-6-5-7-17(18)22(2,3)4)12-11-21(26)23-16-9-10-19-20(13-16)28-14-27-19/h5-10,13H,11-12,14H2,1-4H3,(H,23,26). The Balaban J connectivity index is 1.69. The summed E-state index contributed by atoms with van der Waals surface area (Å²) in [6.07, 6.45) is 0.187. The number of hydrogen-bond acceptors (Lipinski definition) is 4. The third-order valence-electron chi connectivity index (χ3n) is 4.60. The third-order valence-corrected chi connectivity index (χ3v) is 4.60. The molecule has 2 aromatic rings. The van der Waals surface area contributed by atoms with Crippen molar-refractivity contribution in [2.45, 2.75) is 39.5 Å². The minimum atomic E-state index is -0.168. The van der Waals surface area contributed by atoms with E-state index in [-0.39, 0.29) is 30.4 Å². The van der Waals surface area contributed by atoms with Crippen LogP contribution >= 0.6 is 0 Å². The van der Waals surface area contributed by atoms with E-state index in [0.29, 0.717) is 23.7 Å². The Morgan fingerprint density at radius 2 is 1.79 bits per heavy atom. The van der Waals surface area contributed by atoms with E-state index >= 15 is 0 Å². The summed E-state index contributed by atoms with van der Waals surface area (Å²) in [5.74, 6) is 1.02. The summed E-state index contributed by atoms with van der Waals surface area (Å²) >= 11 is 0. The van der Waals surface area contributed by atoms with Crippen LogP contribution in [-0.4, -0.2) is 25.2 Å². The highest BCUT2D eigenvalue weighted by Gasteiger charge is 2.23. The number of carbonyl (C=O) groups excluding carboxylic acids is 2. The van der Waals surface area contributed by atoms with Crippen molar-refractivity contribution in [3.63, 3.8) is 0 Å². The van der Waals surface area contributed by atoms with Crippen molar-refractivity contribution >= 4 is 23.2 Å². The van der Waals surface area contributed by atoms with E-state index in [4.69, 9.17) is 9.47 Å². The molecule has 148 valence electrons. The van der Waals surface area contributed by atoms with Crippen molar-refractivity contribution in [2.75, 3.05) is 23.6 Å². The number of fused-ring (bicyclic) bond motifs is 1. The molecule has 3 rings (SSSR count). The zero-order valence-electron chi connectivity index (χ0n) is 16.7. The molecule has 0 aliphatic carbocycles. The number of amides is 2. The van der Waals surface area contributed by atoms with Crippen molar-refractivity contribution in [3.05, 3.63) is 48.0 Å². The van der Waals surface area contributed by atoms with Gasteiger partial charge in [-0.05, 0) is 29.2 Å². The monoisotopic (exact) mass is 382 g/mol. The Hall–Kier alpha value is -3.02. The zero-order chi connectivity index (χ0) is 20.3. The molecule has 28 heavy (non-hydrogen) atoms. The van der Waals surface area contributed by atoms with Gasteiger partial charge in [0.1, 0.15) is 0 Å². The van der Waals surface area contributed by atoms with Gasteiger partial charge in [-0.2, -0.15) is 0 Å². The van der Waals surface area contributed by atoms with Crippen molar-refractivity contribution in [1.82, 2.24) is 0 Å². The number of rotatable bonds is 5. The highest BCUT2D eigenvalue weighted by molar-refractivity contribution is 5.95. The summed E-state index contributed by atoms with van der Waals surface area (Å²) in [5, 5.41) is 2.85. The maximum Gasteiger partial charge on any atom is 0.231 e. The Labute approximate surface area is 165 Å². The fourth-order valence-corrected chi connectivity index (χ4v) is 3.20. The Kier molecular flexibility index (Phi) is 5.58. The average Bonchev–Trinajstić information content (AvgIpc) is 3.09. The fourth-order valence-electron chi connectivity index (χ4n) is 3.20. The smallest absolute Gasteiger partial charge is 0.231 e. The lowest BCUT2D eigenvalue weighted by Crippen LogP contribution is -2.34. The van der Waals surface area contributed by atoms with Gasteiger partial charge >= 0.3 is 0 Å². The van der Waals surface area contributed by atoms with Crippen LogP contribution in [-0.2, 0) is 15.0 Å². The topological polar surface area (TPSA) is 67.9 Å². The predicted molar refractivity (Wildman–Crippen MR) is 109 cm³/mol. The summed E-state index contributed by atoms with van der Waals surface area (Å²) in [6, 6.07) is 13.1. The zero-order valence-corrected chi connectivity index (χ0v) is 16.7. The number of anilines is 2. The minimum Gasteiger partial charge on any atom is -0.454 e. The third kappa shape index (κ3) is 4.44. The number of carbonyl (C=O) groups is 2. The van der Waals surface area contributed by atoms with E-state index in [0.717, 1.165) is 11.3 Å².